The molecule has 0 radical (unpaired) electrons. The lowest BCUT2D eigenvalue weighted by Crippen LogP contribution is -2.05. The molecule has 20 heavy (non-hydrogen) atoms. The molecule has 1 aromatic carbocycles. The number of nitrogens with zero attached hydrogens (tertiary/aromatic N) is 2. The van der Waals surface area contributed by atoms with E-state index in [9.17, 15) is 0 Å². The summed E-state index contributed by atoms with van der Waals surface area (Å²) in [6.07, 6.45) is 1.47. The van der Waals surface area contributed by atoms with E-state index in [1.807, 2.05) is 18.2 Å². The van der Waals surface area contributed by atoms with Crippen molar-refractivity contribution in [1.82, 2.24) is 9.97 Å². The van der Waals surface area contributed by atoms with E-state index >= 15 is 0 Å². The highest BCUT2D eigenvalue weighted by molar-refractivity contribution is 5.76. The number of nitrogen functional groups attached to an aromatic ring is 1. The molecule has 2 rings (SSSR count). The fraction of sp³-hybridized carbons (Fsp3) is 0.333. The maximum Gasteiger partial charge on any atom is 0.170 e. The molecule has 0 atom stereocenters. The molecule has 1 heterocycles. The summed E-state index contributed by atoms with van der Waals surface area (Å²) >= 11 is 0. The Morgan fingerprint density at radius 3 is 2.45 bits per heavy atom. The predicted octanol–water partition coefficient (Wildman–Crippen LogP) is 2.87. The largest absolute Gasteiger partial charge is 0.493 e. The van der Waals surface area contributed by atoms with Crippen molar-refractivity contribution < 1.29 is 9.47 Å². The number of para-hydroxylation sites is 1. The van der Waals surface area contributed by atoms with E-state index < -0.39 is 0 Å². The van der Waals surface area contributed by atoms with Gasteiger partial charge >= 0.3 is 0 Å². The minimum atomic E-state index is 0.210. The van der Waals surface area contributed by atoms with Crippen LogP contribution in [-0.4, -0.2) is 24.2 Å². The second-order valence-electron chi connectivity index (χ2n) is 4.72. The molecule has 5 nitrogen and oxygen atoms in total. The van der Waals surface area contributed by atoms with Gasteiger partial charge in [0.05, 0.1) is 19.9 Å². The van der Waals surface area contributed by atoms with Crippen molar-refractivity contribution in [2.45, 2.75) is 19.8 Å². The van der Waals surface area contributed by atoms with Gasteiger partial charge in [-0.15, -0.1) is 0 Å². The van der Waals surface area contributed by atoms with Gasteiger partial charge < -0.3 is 15.2 Å². The predicted molar refractivity (Wildman–Crippen MR) is 79.1 cm³/mol. The monoisotopic (exact) mass is 273 g/mol. The first kappa shape index (κ1) is 14.1. The Bertz CT molecular complexity index is 612. The van der Waals surface area contributed by atoms with Crippen molar-refractivity contribution in [2.24, 2.45) is 0 Å². The maximum absolute atomic E-state index is 6.00. The molecule has 0 bridgehead atoms. The van der Waals surface area contributed by atoms with Gasteiger partial charge in [-0.25, -0.2) is 9.97 Å². The molecule has 0 amide bonds. The fourth-order valence-corrected chi connectivity index (χ4v) is 2.27. The molecule has 0 saturated heterocycles. The summed E-state index contributed by atoms with van der Waals surface area (Å²) in [7, 11) is 3.22. The highest BCUT2D eigenvalue weighted by Crippen LogP contribution is 2.40. The maximum atomic E-state index is 6.00. The number of rotatable bonds is 4. The standard InChI is InChI=1S/C15H19N3O2/c1-9(2)12-13(17-8-18-15(12)16)10-6-5-7-11(19-3)14(10)20-4/h5-9H,1-4H3,(H2,16,17,18). The topological polar surface area (TPSA) is 70.3 Å². The number of ether oxygens (including phenoxy) is 2. The summed E-state index contributed by atoms with van der Waals surface area (Å²) in [6, 6.07) is 5.69. The minimum Gasteiger partial charge on any atom is -0.493 e. The van der Waals surface area contributed by atoms with Gasteiger partial charge in [-0.2, -0.15) is 0 Å². The van der Waals surface area contributed by atoms with Crippen molar-refractivity contribution in [3.05, 3.63) is 30.1 Å². The van der Waals surface area contributed by atoms with Crippen molar-refractivity contribution in [3.8, 4) is 22.8 Å². The SMILES string of the molecule is COc1cccc(-c2ncnc(N)c2C(C)C)c1OC. The Hall–Kier alpha value is -2.30. The molecule has 2 N–H and O–H groups in total. The van der Waals surface area contributed by atoms with Crippen molar-refractivity contribution in [1.29, 1.82) is 0 Å². The molecule has 1 aromatic heterocycles. The normalized spacial score (nSPS) is 10.7. The first-order valence-electron chi connectivity index (χ1n) is 6.41. The molecule has 0 spiro atoms. The van der Waals surface area contributed by atoms with Crippen LogP contribution in [0.2, 0.25) is 0 Å². The van der Waals surface area contributed by atoms with Gasteiger partial charge in [0, 0.05) is 11.1 Å². The Balaban J connectivity index is 2.72. The van der Waals surface area contributed by atoms with Crippen LogP contribution in [0, 0.1) is 0 Å². The van der Waals surface area contributed by atoms with E-state index in [2.05, 4.69) is 23.8 Å². The molecule has 2 aromatic rings. The van der Waals surface area contributed by atoms with Gasteiger partial charge in [0.25, 0.3) is 0 Å². The third kappa shape index (κ3) is 2.39. The van der Waals surface area contributed by atoms with Crippen LogP contribution in [0.1, 0.15) is 25.3 Å². The third-order valence-corrected chi connectivity index (χ3v) is 3.15. The molecule has 0 aliphatic carbocycles. The summed E-state index contributed by atoms with van der Waals surface area (Å²) in [5.41, 5.74) is 8.55. The Morgan fingerprint density at radius 2 is 1.85 bits per heavy atom. The highest BCUT2D eigenvalue weighted by Gasteiger charge is 2.19. The third-order valence-electron chi connectivity index (χ3n) is 3.15. The number of aromatic nitrogens is 2. The average Bonchev–Trinajstić information content (AvgIpc) is 2.45. The van der Waals surface area contributed by atoms with Crippen LogP contribution < -0.4 is 15.2 Å². The molecule has 0 aliphatic heterocycles. The molecule has 0 fully saturated rings. The first-order chi connectivity index (χ1) is 9.60. The quantitative estimate of drug-likeness (QED) is 0.927. The van der Waals surface area contributed by atoms with Gasteiger partial charge in [0.15, 0.2) is 11.5 Å². The molecule has 106 valence electrons. The van der Waals surface area contributed by atoms with Crippen LogP contribution >= 0.6 is 0 Å². The van der Waals surface area contributed by atoms with Crippen LogP contribution in [0.5, 0.6) is 11.5 Å². The zero-order chi connectivity index (χ0) is 14.7. The Labute approximate surface area is 118 Å². The molecule has 0 saturated carbocycles. The Morgan fingerprint density at radius 1 is 1.10 bits per heavy atom. The van der Waals surface area contributed by atoms with Gasteiger partial charge in [0.2, 0.25) is 0 Å². The minimum absolute atomic E-state index is 0.210. The second-order valence-corrected chi connectivity index (χ2v) is 4.72. The number of anilines is 1. The molecule has 5 heteroatoms. The highest BCUT2D eigenvalue weighted by atomic mass is 16.5. The first-order valence-corrected chi connectivity index (χ1v) is 6.41. The van der Waals surface area contributed by atoms with E-state index in [0.29, 0.717) is 17.3 Å². The summed E-state index contributed by atoms with van der Waals surface area (Å²) in [5.74, 6) is 2.02. The fourth-order valence-electron chi connectivity index (χ4n) is 2.27. The van der Waals surface area contributed by atoms with Crippen LogP contribution in [0.3, 0.4) is 0 Å². The summed E-state index contributed by atoms with van der Waals surface area (Å²) in [6.45, 7) is 4.12. The number of methoxy groups -OCH3 is 2. The van der Waals surface area contributed by atoms with Gasteiger partial charge in [0.1, 0.15) is 12.1 Å². The van der Waals surface area contributed by atoms with Gasteiger partial charge in [-0.1, -0.05) is 19.9 Å². The summed E-state index contributed by atoms with van der Waals surface area (Å²) < 4.78 is 10.8. The lowest BCUT2D eigenvalue weighted by molar-refractivity contribution is 0.356. The van der Waals surface area contributed by atoms with Crippen molar-refractivity contribution in [3.63, 3.8) is 0 Å². The smallest absolute Gasteiger partial charge is 0.170 e. The molecule has 0 unspecified atom stereocenters. The van der Waals surface area contributed by atoms with Crippen LogP contribution in [-0.2, 0) is 0 Å². The number of hydrogen-bond acceptors (Lipinski definition) is 5. The molecular formula is C15H19N3O2. The van der Waals surface area contributed by atoms with E-state index in [0.717, 1.165) is 16.8 Å². The van der Waals surface area contributed by atoms with E-state index in [1.165, 1.54) is 6.33 Å². The average molecular weight is 273 g/mol. The van der Waals surface area contributed by atoms with Crippen molar-refractivity contribution in [2.75, 3.05) is 20.0 Å². The lowest BCUT2D eigenvalue weighted by Gasteiger charge is -2.17. The van der Waals surface area contributed by atoms with Gasteiger partial charge in [-0.05, 0) is 18.1 Å². The lowest BCUT2D eigenvalue weighted by atomic mass is 9.97. The zero-order valence-corrected chi connectivity index (χ0v) is 12.2. The van der Waals surface area contributed by atoms with Crippen molar-refractivity contribution >= 4 is 5.82 Å². The second kappa shape index (κ2) is 5.77. The van der Waals surface area contributed by atoms with Crippen LogP contribution in [0.4, 0.5) is 5.82 Å². The van der Waals surface area contributed by atoms with Crippen LogP contribution in [0.15, 0.2) is 24.5 Å². The number of benzene rings is 1. The summed E-state index contributed by atoms with van der Waals surface area (Å²) in [5, 5.41) is 0. The Kier molecular flexibility index (Phi) is 4.08. The van der Waals surface area contributed by atoms with E-state index in [1.54, 1.807) is 14.2 Å². The van der Waals surface area contributed by atoms with Gasteiger partial charge in [-0.3, -0.25) is 0 Å². The van der Waals surface area contributed by atoms with E-state index in [4.69, 9.17) is 15.2 Å². The number of hydrogen-bond donors (Lipinski definition) is 1. The number of nitrogens with two attached hydrogens (primary N) is 1. The molecule has 0 aliphatic rings. The summed E-state index contributed by atoms with van der Waals surface area (Å²) in [4.78, 5) is 8.47. The molecular weight excluding hydrogens is 254 g/mol. The zero-order valence-electron chi connectivity index (χ0n) is 12.2. The van der Waals surface area contributed by atoms with Crippen LogP contribution in [0.25, 0.3) is 11.3 Å². The van der Waals surface area contributed by atoms with E-state index in [-0.39, 0.29) is 5.92 Å².